The van der Waals surface area contributed by atoms with Crippen LogP contribution in [-0.4, -0.2) is 16.7 Å². The van der Waals surface area contributed by atoms with Gasteiger partial charge in [-0.1, -0.05) is 32.8 Å². The minimum atomic E-state index is 0.393. The summed E-state index contributed by atoms with van der Waals surface area (Å²) in [4.78, 5) is 0. The van der Waals surface area contributed by atoms with Gasteiger partial charge in [-0.05, 0) is 25.1 Å². The van der Waals surface area contributed by atoms with Crippen molar-refractivity contribution in [3.63, 3.8) is 0 Å². The molecule has 2 heterocycles. The highest BCUT2D eigenvalue weighted by Crippen LogP contribution is 2.29. The van der Waals surface area contributed by atoms with Crippen molar-refractivity contribution in [2.75, 3.05) is 7.05 Å². The predicted octanol–water partition coefficient (Wildman–Crippen LogP) is 3.03. The van der Waals surface area contributed by atoms with Gasteiger partial charge in [-0.3, -0.25) is 0 Å². The van der Waals surface area contributed by atoms with Crippen LogP contribution in [0.25, 0.3) is 5.52 Å². The van der Waals surface area contributed by atoms with Gasteiger partial charge in [-0.25, -0.2) is 4.52 Å². The van der Waals surface area contributed by atoms with Gasteiger partial charge in [0.1, 0.15) is 0 Å². The van der Waals surface area contributed by atoms with Crippen molar-refractivity contribution in [1.29, 1.82) is 0 Å². The third-order valence-corrected chi connectivity index (χ3v) is 3.62. The van der Waals surface area contributed by atoms with Crippen LogP contribution < -0.4 is 5.32 Å². The van der Waals surface area contributed by atoms with Gasteiger partial charge < -0.3 is 5.32 Å². The lowest BCUT2D eigenvalue weighted by Crippen LogP contribution is -2.24. The fraction of sp³-hybridized carbons (Fsp3) is 0.500. The number of nitrogens with one attached hydrogen (secondary N) is 1. The van der Waals surface area contributed by atoms with Crippen LogP contribution in [0.5, 0.6) is 0 Å². The Bertz CT molecular complexity index is 471. The molecule has 2 aromatic heterocycles. The van der Waals surface area contributed by atoms with Crippen LogP contribution in [0, 0.1) is 5.92 Å². The lowest BCUT2D eigenvalue weighted by atomic mass is 9.89. The Kier molecular flexibility index (Phi) is 3.79. The average molecular weight is 231 g/mol. The highest BCUT2D eigenvalue weighted by molar-refractivity contribution is 5.55. The van der Waals surface area contributed by atoms with E-state index in [1.807, 2.05) is 30.0 Å². The first-order valence-corrected chi connectivity index (χ1v) is 6.41. The Morgan fingerprint density at radius 2 is 2.06 bits per heavy atom. The molecule has 17 heavy (non-hydrogen) atoms. The Morgan fingerprint density at radius 1 is 1.29 bits per heavy atom. The maximum absolute atomic E-state index is 4.42. The molecule has 0 aromatic carbocycles. The molecular weight excluding hydrogens is 210 g/mol. The summed E-state index contributed by atoms with van der Waals surface area (Å²) in [7, 11) is 2.04. The fourth-order valence-corrected chi connectivity index (χ4v) is 2.60. The summed E-state index contributed by atoms with van der Waals surface area (Å²) < 4.78 is 1.95. The van der Waals surface area contributed by atoms with E-state index in [1.54, 1.807) is 0 Å². The lowest BCUT2D eigenvalue weighted by molar-refractivity contribution is 0.361. The van der Waals surface area contributed by atoms with E-state index in [2.05, 4.69) is 36.4 Å². The third kappa shape index (κ3) is 2.20. The predicted molar refractivity (Wildman–Crippen MR) is 71.1 cm³/mol. The molecule has 0 aliphatic carbocycles. The van der Waals surface area contributed by atoms with Gasteiger partial charge in [0.25, 0.3) is 0 Å². The summed E-state index contributed by atoms with van der Waals surface area (Å²) in [6, 6.07) is 6.61. The molecular formula is C14H21N3. The van der Waals surface area contributed by atoms with Crippen LogP contribution in [-0.2, 0) is 0 Å². The zero-order valence-electron chi connectivity index (χ0n) is 10.9. The van der Waals surface area contributed by atoms with Gasteiger partial charge in [-0.15, -0.1) is 0 Å². The number of hydrogen-bond acceptors (Lipinski definition) is 2. The van der Waals surface area contributed by atoms with Crippen LogP contribution in [0.4, 0.5) is 0 Å². The van der Waals surface area contributed by atoms with Gasteiger partial charge in [0.2, 0.25) is 0 Å². The zero-order valence-corrected chi connectivity index (χ0v) is 10.9. The minimum absolute atomic E-state index is 0.393. The molecule has 0 spiro atoms. The van der Waals surface area contributed by atoms with E-state index in [1.165, 1.54) is 23.9 Å². The molecule has 0 fully saturated rings. The maximum atomic E-state index is 4.42. The monoisotopic (exact) mass is 231 g/mol. The molecule has 3 heteroatoms. The number of aromatic nitrogens is 2. The van der Waals surface area contributed by atoms with Crippen molar-refractivity contribution < 1.29 is 0 Å². The van der Waals surface area contributed by atoms with Crippen LogP contribution in [0.2, 0.25) is 0 Å². The molecule has 3 nitrogen and oxygen atoms in total. The van der Waals surface area contributed by atoms with Gasteiger partial charge >= 0.3 is 0 Å². The Balaban J connectivity index is 2.42. The van der Waals surface area contributed by atoms with Crippen LogP contribution in [0.3, 0.4) is 0 Å². The van der Waals surface area contributed by atoms with Crippen molar-refractivity contribution in [2.45, 2.75) is 32.7 Å². The molecule has 0 aliphatic rings. The van der Waals surface area contributed by atoms with Crippen LogP contribution >= 0.6 is 0 Å². The van der Waals surface area contributed by atoms with E-state index in [0.29, 0.717) is 12.0 Å². The summed E-state index contributed by atoms with van der Waals surface area (Å²) >= 11 is 0. The number of fused-ring (bicyclic) bond motifs is 1. The molecule has 2 aromatic rings. The first kappa shape index (κ1) is 12.1. The standard InChI is InChI=1S/C14H21N3/c1-4-11(5-2)14(15-3)12-10-16-17-9-7-6-8-13(12)17/h6-11,14-15H,4-5H2,1-3H3. The smallest absolute Gasteiger partial charge is 0.0709 e. The Hall–Kier alpha value is -1.35. The molecule has 0 radical (unpaired) electrons. The van der Waals surface area contributed by atoms with Crippen LogP contribution in [0.1, 0.15) is 38.3 Å². The molecule has 1 N–H and O–H groups in total. The summed E-state index contributed by atoms with van der Waals surface area (Å²) in [5.74, 6) is 0.660. The van der Waals surface area contributed by atoms with Crippen molar-refractivity contribution >= 4 is 5.52 Å². The fourth-order valence-electron chi connectivity index (χ4n) is 2.60. The summed E-state index contributed by atoms with van der Waals surface area (Å²) in [5.41, 5.74) is 2.51. The zero-order chi connectivity index (χ0) is 12.3. The number of hydrogen-bond donors (Lipinski definition) is 1. The molecule has 0 aliphatic heterocycles. The number of rotatable bonds is 5. The van der Waals surface area contributed by atoms with Crippen molar-refractivity contribution in [3.8, 4) is 0 Å². The van der Waals surface area contributed by atoms with Gasteiger partial charge in [0.05, 0.1) is 11.7 Å². The summed E-state index contributed by atoms with van der Waals surface area (Å²) in [6.45, 7) is 4.51. The number of pyridine rings is 1. The summed E-state index contributed by atoms with van der Waals surface area (Å²) in [5, 5.41) is 7.86. The van der Waals surface area contributed by atoms with Crippen molar-refractivity contribution in [2.24, 2.45) is 5.92 Å². The lowest BCUT2D eigenvalue weighted by Gasteiger charge is -2.24. The second kappa shape index (κ2) is 5.32. The first-order valence-electron chi connectivity index (χ1n) is 6.41. The molecule has 0 amide bonds. The normalized spacial score (nSPS) is 13.4. The van der Waals surface area contributed by atoms with Gasteiger partial charge in [0, 0.05) is 17.8 Å². The highest BCUT2D eigenvalue weighted by atomic mass is 15.2. The van der Waals surface area contributed by atoms with E-state index >= 15 is 0 Å². The van der Waals surface area contributed by atoms with E-state index < -0.39 is 0 Å². The Morgan fingerprint density at radius 3 is 2.71 bits per heavy atom. The highest BCUT2D eigenvalue weighted by Gasteiger charge is 2.21. The largest absolute Gasteiger partial charge is 0.313 e. The summed E-state index contributed by atoms with van der Waals surface area (Å²) in [6.07, 6.45) is 6.37. The van der Waals surface area contributed by atoms with Crippen molar-refractivity contribution in [3.05, 3.63) is 36.2 Å². The molecule has 92 valence electrons. The average Bonchev–Trinajstić information content (AvgIpc) is 2.79. The maximum Gasteiger partial charge on any atom is 0.0709 e. The first-order chi connectivity index (χ1) is 8.31. The topological polar surface area (TPSA) is 29.3 Å². The second-order valence-corrected chi connectivity index (χ2v) is 4.47. The molecule has 1 unspecified atom stereocenters. The second-order valence-electron chi connectivity index (χ2n) is 4.47. The quantitative estimate of drug-likeness (QED) is 0.857. The van der Waals surface area contributed by atoms with Crippen molar-refractivity contribution in [1.82, 2.24) is 14.9 Å². The SMILES string of the molecule is CCC(CC)C(NC)c1cnn2ccccc12. The molecule has 1 atom stereocenters. The van der Waals surface area contributed by atoms with E-state index in [9.17, 15) is 0 Å². The minimum Gasteiger partial charge on any atom is -0.313 e. The van der Waals surface area contributed by atoms with E-state index in [0.717, 1.165) is 0 Å². The Labute approximate surface area is 103 Å². The van der Waals surface area contributed by atoms with E-state index in [-0.39, 0.29) is 0 Å². The van der Waals surface area contributed by atoms with E-state index in [4.69, 9.17) is 0 Å². The number of nitrogens with zero attached hydrogens (tertiary/aromatic N) is 2. The van der Waals surface area contributed by atoms with Crippen LogP contribution in [0.15, 0.2) is 30.6 Å². The van der Waals surface area contributed by atoms with Gasteiger partial charge in [0.15, 0.2) is 0 Å². The van der Waals surface area contributed by atoms with Gasteiger partial charge in [-0.2, -0.15) is 5.10 Å². The molecule has 0 saturated heterocycles. The third-order valence-electron chi connectivity index (χ3n) is 3.62. The molecule has 2 rings (SSSR count). The molecule has 0 saturated carbocycles. The molecule has 0 bridgehead atoms.